The van der Waals surface area contributed by atoms with Gasteiger partial charge in [-0.05, 0) is 83.5 Å². The lowest BCUT2D eigenvalue weighted by atomic mass is 10.00. The van der Waals surface area contributed by atoms with Crippen LogP contribution < -0.4 is 5.32 Å². The highest BCUT2D eigenvalue weighted by Gasteiger charge is 2.28. The van der Waals surface area contributed by atoms with Crippen LogP contribution in [0.1, 0.15) is 187 Å². The first-order valence-electron chi connectivity index (χ1n) is 20.5. The van der Waals surface area contributed by atoms with E-state index in [1.807, 2.05) is 0 Å². The molecule has 0 aromatic rings. The second-order valence-electron chi connectivity index (χ2n) is 13.9. The molecule has 0 radical (unpaired) electrons. The Balaban J connectivity index is 3.82. The second-order valence-corrected chi connectivity index (χ2v) is 13.9. The highest BCUT2D eigenvalue weighted by molar-refractivity contribution is 5.80. The van der Waals surface area contributed by atoms with Gasteiger partial charge < -0.3 is 25.7 Å². The standard InChI is InChI=1S/C43H79NO5/c1-3-5-7-9-11-13-15-17-18-19-20-21-22-23-25-27-29-31-33-35-37-41(47)43(49)44-39(38-45)42(48)40(46)36-34-32-30-28-26-24-16-14-12-10-8-6-4-2/h6,8,14,16,21-22,28,30,39-42,45-48H,3-5,7,9-13,15,17-20,23-27,29,31-38H2,1-2H3,(H,44,49)/b8-6+,16-14+,22-21-,30-28+. The minimum absolute atomic E-state index is 0.350. The lowest BCUT2D eigenvalue weighted by molar-refractivity contribution is -0.132. The molecule has 4 unspecified atom stereocenters. The minimum Gasteiger partial charge on any atom is -0.394 e. The first-order valence-corrected chi connectivity index (χ1v) is 20.5. The number of hydrogen-bond donors (Lipinski definition) is 5. The topological polar surface area (TPSA) is 110 Å². The van der Waals surface area contributed by atoms with E-state index in [0.29, 0.717) is 19.3 Å². The van der Waals surface area contributed by atoms with Crippen LogP contribution in [0.2, 0.25) is 0 Å². The molecule has 0 aliphatic carbocycles. The minimum atomic E-state index is -1.29. The lowest BCUT2D eigenvalue weighted by Crippen LogP contribution is -2.53. The Kier molecular flexibility index (Phi) is 36.2. The molecule has 0 spiro atoms. The third-order valence-corrected chi connectivity index (χ3v) is 9.23. The van der Waals surface area contributed by atoms with Crippen molar-refractivity contribution in [2.45, 2.75) is 212 Å². The Morgan fingerprint density at radius 3 is 1.39 bits per heavy atom. The third-order valence-electron chi connectivity index (χ3n) is 9.23. The van der Waals surface area contributed by atoms with Crippen LogP contribution in [0.15, 0.2) is 48.6 Å². The SMILES string of the molecule is CC/C=C/CC/C=C/CC/C=C/CCCC(O)C(O)C(CO)NC(=O)C(O)CCCCCCCC/C=C\CCCCCCCCCCCC. The van der Waals surface area contributed by atoms with E-state index in [0.717, 1.165) is 70.6 Å². The van der Waals surface area contributed by atoms with Gasteiger partial charge in [0.25, 0.3) is 0 Å². The Labute approximate surface area is 302 Å². The molecule has 1 amide bonds. The third kappa shape index (κ3) is 32.0. The van der Waals surface area contributed by atoms with E-state index >= 15 is 0 Å². The zero-order chi connectivity index (χ0) is 36.0. The number of aliphatic hydroxyl groups is 4. The molecule has 6 heteroatoms. The molecule has 0 rings (SSSR count). The van der Waals surface area contributed by atoms with Crippen LogP contribution in [-0.4, -0.2) is 57.3 Å². The second kappa shape index (κ2) is 37.5. The van der Waals surface area contributed by atoms with Gasteiger partial charge in [0, 0.05) is 0 Å². The molecule has 0 aromatic heterocycles. The van der Waals surface area contributed by atoms with Crippen molar-refractivity contribution in [1.82, 2.24) is 5.32 Å². The zero-order valence-electron chi connectivity index (χ0n) is 31.9. The van der Waals surface area contributed by atoms with Gasteiger partial charge in [-0.3, -0.25) is 4.79 Å². The molecule has 0 saturated carbocycles. The van der Waals surface area contributed by atoms with E-state index in [9.17, 15) is 25.2 Å². The zero-order valence-corrected chi connectivity index (χ0v) is 31.9. The Morgan fingerprint density at radius 2 is 0.918 bits per heavy atom. The van der Waals surface area contributed by atoms with Crippen molar-refractivity contribution in [3.63, 3.8) is 0 Å². The average molecular weight is 690 g/mol. The van der Waals surface area contributed by atoms with Crippen LogP contribution in [0.5, 0.6) is 0 Å². The molecule has 6 nitrogen and oxygen atoms in total. The van der Waals surface area contributed by atoms with Gasteiger partial charge in [-0.15, -0.1) is 0 Å². The number of amides is 1. The predicted molar refractivity (Wildman–Crippen MR) is 210 cm³/mol. The van der Waals surface area contributed by atoms with Crippen LogP contribution in [-0.2, 0) is 4.79 Å². The monoisotopic (exact) mass is 690 g/mol. The number of hydrogen-bond acceptors (Lipinski definition) is 5. The van der Waals surface area contributed by atoms with Crippen molar-refractivity contribution in [3.05, 3.63) is 48.6 Å². The van der Waals surface area contributed by atoms with Crippen LogP contribution in [0, 0.1) is 0 Å². The Morgan fingerprint density at radius 1 is 0.510 bits per heavy atom. The molecule has 0 aliphatic heterocycles. The summed E-state index contributed by atoms with van der Waals surface area (Å²) in [5.74, 6) is -0.607. The predicted octanol–water partition coefficient (Wildman–Crippen LogP) is 10.3. The number of aliphatic hydroxyl groups excluding tert-OH is 4. The van der Waals surface area contributed by atoms with Crippen LogP contribution in [0.4, 0.5) is 0 Å². The molecule has 49 heavy (non-hydrogen) atoms. The molecular weight excluding hydrogens is 610 g/mol. The van der Waals surface area contributed by atoms with Gasteiger partial charge in [0.05, 0.1) is 18.8 Å². The van der Waals surface area contributed by atoms with Gasteiger partial charge in [0.15, 0.2) is 0 Å². The van der Waals surface area contributed by atoms with Crippen molar-refractivity contribution < 1.29 is 25.2 Å². The summed E-state index contributed by atoms with van der Waals surface area (Å²) in [6, 6.07) is -1.01. The first-order chi connectivity index (χ1) is 24.0. The maximum atomic E-state index is 12.5. The molecule has 0 fully saturated rings. The number of rotatable bonds is 36. The van der Waals surface area contributed by atoms with Crippen LogP contribution >= 0.6 is 0 Å². The Bertz CT molecular complexity index is 823. The summed E-state index contributed by atoms with van der Waals surface area (Å²) < 4.78 is 0. The molecular formula is C43H79NO5. The van der Waals surface area contributed by atoms with E-state index in [4.69, 9.17) is 0 Å². The molecule has 4 atom stereocenters. The van der Waals surface area contributed by atoms with Crippen molar-refractivity contribution in [2.75, 3.05) is 6.61 Å². The van der Waals surface area contributed by atoms with Gasteiger partial charge in [-0.2, -0.15) is 0 Å². The molecule has 0 heterocycles. The summed E-state index contributed by atoms with van der Waals surface area (Å²) in [5, 5.41) is 43.5. The smallest absolute Gasteiger partial charge is 0.249 e. The number of nitrogens with one attached hydrogen (secondary N) is 1. The largest absolute Gasteiger partial charge is 0.394 e. The lowest BCUT2D eigenvalue weighted by Gasteiger charge is -2.27. The molecule has 0 aromatic carbocycles. The number of carbonyl (C=O) groups excluding carboxylic acids is 1. The van der Waals surface area contributed by atoms with Crippen molar-refractivity contribution >= 4 is 5.91 Å². The van der Waals surface area contributed by atoms with E-state index in [-0.39, 0.29) is 0 Å². The van der Waals surface area contributed by atoms with Gasteiger partial charge in [0.2, 0.25) is 5.91 Å². The summed E-state index contributed by atoms with van der Waals surface area (Å²) >= 11 is 0. The molecule has 5 N–H and O–H groups in total. The summed E-state index contributed by atoms with van der Waals surface area (Å²) in [5.41, 5.74) is 0. The molecule has 0 bridgehead atoms. The maximum absolute atomic E-state index is 12.5. The maximum Gasteiger partial charge on any atom is 0.249 e. The summed E-state index contributed by atoms with van der Waals surface area (Å²) in [7, 11) is 0. The number of unbranched alkanes of at least 4 members (excludes halogenated alkanes) is 19. The van der Waals surface area contributed by atoms with Crippen LogP contribution in [0.25, 0.3) is 0 Å². The van der Waals surface area contributed by atoms with Crippen molar-refractivity contribution in [1.29, 1.82) is 0 Å². The number of carbonyl (C=O) groups is 1. The number of allylic oxidation sites excluding steroid dienone is 8. The highest BCUT2D eigenvalue weighted by atomic mass is 16.3. The van der Waals surface area contributed by atoms with Crippen molar-refractivity contribution in [3.8, 4) is 0 Å². The quantitative estimate of drug-likeness (QED) is 0.0332. The fourth-order valence-electron chi connectivity index (χ4n) is 5.97. The fraction of sp³-hybridized carbons (Fsp3) is 0.791. The van der Waals surface area contributed by atoms with E-state index in [1.165, 1.54) is 83.5 Å². The van der Waals surface area contributed by atoms with Crippen molar-refractivity contribution in [2.24, 2.45) is 0 Å². The van der Waals surface area contributed by atoms with E-state index < -0.39 is 36.9 Å². The van der Waals surface area contributed by atoms with Gasteiger partial charge in [0.1, 0.15) is 12.2 Å². The first kappa shape index (κ1) is 47.3. The highest BCUT2D eigenvalue weighted by Crippen LogP contribution is 2.14. The summed E-state index contributed by atoms with van der Waals surface area (Å²) in [6.45, 7) is 3.91. The van der Waals surface area contributed by atoms with Gasteiger partial charge >= 0.3 is 0 Å². The summed E-state index contributed by atoms with van der Waals surface area (Å²) in [4.78, 5) is 12.5. The Hall–Kier alpha value is -1.73. The molecule has 0 saturated heterocycles. The fourth-order valence-corrected chi connectivity index (χ4v) is 5.97. The molecule has 0 aliphatic rings. The normalized spacial score (nSPS) is 14.8. The van der Waals surface area contributed by atoms with Crippen LogP contribution in [0.3, 0.4) is 0 Å². The molecule has 286 valence electrons. The van der Waals surface area contributed by atoms with Gasteiger partial charge in [-0.1, -0.05) is 152 Å². The van der Waals surface area contributed by atoms with Gasteiger partial charge in [-0.25, -0.2) is 0 Å². The average Bonchev–Trinajstić information content (AvgIpc) is 3.11. The summed E-state index contributed by atoms with van der Waals surface area (Å²) in [6.07, 6.45) is 44.3. The van der Waals surface area contributed by atoms with E-state index in [2.05, 4.69) is 67.8 Å². The van der Waals surface area contributed by atoms with E-state index in [1.54, 1.807) is 0 Å².